The molecular weight excluding hydrogens is 286 g/mol. The first-order valence-corrected chi connectivity index (χ1v) is 6.72. The van der Waals surface area contributed by atoms with Gasteiger partial charge in [-0.3, -0.25) is 4.79 Å². The van der Waals surface area contributed by atoms with E-state index in [2.05, 4.69) is 6.58 Å². The van der Waals surface area contributed by atoms with E-state index in [-0.39, 0.29) is 30.2 Å². The van der Waals surface area contributed by atoms with Crippen LogP contribution in [0.4, 0.5) is 5.69 Å². The molecule has 120 valence electrons. The number of ether oxygens (including phenoxy) is 2. The molecule has 22 heavy (non-hydrogen) atoms. The van der Waals surface area contributed by atoms with E-state index in [0.29, 0.717) is 5.57 Å². The molecule has 3 N–H and O–H groups in total. The minimum Gasteiger partial charge on any atom is -0.506 e. The second kappa shape index (κ2) is 6.98. The van der Waals surface area contributed by atoms with Crippen LogP contribution in [0.3, 0.4) is 0 Å². The Bertz CT molecular complexity index is 592. The predicted molar refractivity (Wildman–Crippen MR) is 82.3 cm³/mol. The van der Waals surface area contributed by atoms with E-state index in [4.69, 9.17) is 15.2 Å². The molecule has 0 radical (unpaired) electrons. The quantitative estimate of drug-likeness (QED) is 0.275. The van der Waals surface area contributed by atoms with Crippen molar-refractivity contribution >= 4 is 17.6 Å². The number of anilines is 1. The highest BCUT2D eigenvalue weighted by Crippen LogP contribution is 2.27. The first-order chi connectivity index (χ1) is 10.1. The van der Waals surface area contributed by atoms with Gasteiger partial charge in [0.05, 0.1) is 18.7 Å². The molecule has 0 unspecified atom stereocenters. The number of carbonyl (C=O) groups excluding carboxylic acids is 2. The van der Waals surface area contributed by atoms with Crippen LogP contribution in [0.25, 0.3) is 0 Å². The Kier molecular flexibility index (Phi) is 5.56. The number of nitrogen functional groups attached to an aromatic ring is 1. The number of hydrogen-bond acceptors (Lipinski definition) is 6. The summed E-state index contributed by atoms with van der Waals surface area (Å²) in [6, 6.07) is 4.15. The molecule has 6 heteroatoms. The fourth-order valence-electron chi connectivity index (χ4n) is 1.59. The van der Waals surface area contributed by atoms with Gasteiger partial charge in [-0.25, -0.2) is 4.79 Å². The van der Waals surface area contributed by atoms with Gasteiger partial charge in [0.15, 0.2) is 0 Å². The van der Waals surface area contributed by atoms with Crippen molar-refractivity contribution in [3.8, 4) is 11.5 Å². The van der Waals surface area contributed by atoms with Gasteiger partial charge in [0.1, 0.15) is 11.5 Å². The summed E-state index contributed by atoms with van der Waals surface area (Å²) < 4.78 is 10.2. The Morgan fingerprint density at radius 1 is 1.36 bits per heavy atom. The molecule has 0 atom stereocenters. The zero-order valence-electron chi connectivity index (χ0n) is 13.0. The topological polar surface area (TPSA) is 98.9 Å². The lowest BCUT2D eigenvalue weighted by molar-refractivity contribution is -0.146. The van der Waals surface area contributed by atoms with Crippen molar-refractivity contribution in [1.82, 2.24) is 0 Å². The summed E-state index contributed by atoms with van der Waals surface area (Å²) in [6.45, 7) is 8.68. The molecule has 0 bridgehead atoms. The molecule has 0 aromatic heterocycles. The number of benzene rings is 1. The van der Waals surface area contributed by atoms with E-state index in [1.807, 2.05) is 0 Å². The van der Waals surface area contributed by atoms with Gasteiger partial charge in [-0.05, 0) is 19.1 Å². The van der Waals surface area contributed by atoms with E-state index < -0.39 is 17.4 Å². The number of esters is 2. The Morgan fingerprint density at radius 3 is 2.55 bits per heavy atom. The lowest BCUT2D eigenvalue weighted by Crippen LogP contribution is -2.27. The summed E-state index contributed by atoms with van der Waals surface area (Å²) in [6.07, 6.45) is 0.0528. The predicted octanol–water partition coefficient (Wildman–Crippen LogP) is 2.42. The monoisotopic (exact) mass is 307 g/mol. The Hall–Kier alpha value is -2.50. The fraction of sp³-hybridized carbons (Fsp3) is 0.375. The molecule has 1 aromatic carbocycles. The number of phenolic OH excluding ortho intramolecular Hbond substituents is 1. The van der Waals surface area contributed by atoms with Crippen molar-refractivity contribution in [3.05, 3.63) is 30.4 Å². The second-order valence-corrected chi connectivity index (χ2v) is 5.89. The van der Waals surface area contributed by atoms with Gasteiger partial charge >= 0.3 is 11.9 Å². The summed E-state index contributed by atoms with van der Waals surface area (Å²) >= 11 is 0. The van der Waals surface area contributed by atoms with Crippen molar-refractivity contribution in [1.29, 1.82) is 0 Å². The standard InChI is InChI=1S/C16H21NO5/c1-10(2)15(20)21-9-16(3,4)8-14(19)22-11-5-6-13(18)12(17)7-11/h5-7,18H,1,8-9,17H2,2-4H3. The van der Waals surface area contributed by atoms with Gasteiger partial charge < -0.3 is 20.3 Å². The van der Waals surface area contributed by atoms with Crippen LogP contribution in [0.15, 0.2) is 30.4 Å². The highest BCUT2D eigenvalue weighted by atomic mass is 16.5. The number of nitrogens with two attached hydrogens (primary N) is 1. The molecule has 0 spiro atoms. The number of aromatic hydroxyl groups is 1. The van der Waals surface area contributed by atoms with Crippen LogP contribution in [-0.2, 0) is 14.3 Å². The summed E-state index contributed by atoms with van der Waals surface area (Å²) in [7, 11) is 0. The van der Waals surface area contributed by atoms with Gasteiger partial charge in [0.25, 0.3) is 0 Å². The van der Waals surface area contributed by atoms with Crippen LogP contribution in [0.2, 0.25) is 0 Å². The number of carbonyl (C=O) groups is 2. The summed E-state index contributed by atoms with van der Waals surface area (Å²) in [5.41, 5.74) is 5.38. The third kappa shape index (κ3) is 5.47. The molecule has 0 aliphatic rings. The maximum atomic E-state index is 11.9. The van der Waals surface area contributed by atoms with Gasteiger partial charge in [-0.15, -0.1) is 0 Å². The van der Waals surface area contributed by atoms with Gasteiger partial charge in [-0.1, -0.05) is 20.4 Å². The van der Waals surface area contributed by atoms with Crippen molar-refractivity contribution in [3.63, 3.8) is 0 Å². The second-order valence-electron chi connectivity index (χ2n) is 5.89. The minimum absolute atomic E-state index is 0.0528. The van der Waals surface area contributed by atoms with Crippen LogP contribution in [0, 0.1) is 5.41 Å². The third-order valence-corrected chi connectivity index (χ3v) is 2.80. The van der Waals surface area contributed by atoms with E-state index in [9.17, 15) is 14.7 Å². The average molecular weight is 307 g/mol. The number of hydrogen-bond donors (Lipinski definition) is 2. The van der Waals surface area contributed by atoms with E-state index in [0.717, 1.165) is 0 Å². The Balaban J connectivity index is 2.57. The van der Waals surface area contributed by atoms with Crippen molar-refractivity contribution in [2.24, 2.45) is 5.41 Å². The van der Waals surface area contributed by atoms with Crippen LogP contribution < -0.4 is 10.5 Å². The lowest BCUT2D eigenvalue weighted by Gasteiger charge is -2.23. The molecule has 0 saturated carbocycles. The normalized spacial score (nSPS) is 10.9. The number of rotatable bonds is 6. The molecule has 0 amide bonds. The first-order valence-electron chi connectivity index (χ1n) is 6.72. The SMILES string of the molecule is C=C(C)C(=O)OCC(C)(C)CC(=O)Oc1ccc(O)c(N)c1. The van der Waals surface area contributed by atoms with E-state index in [1.54, 1.807) is 20.8 Å². The van der Waals surface area contributed by atoms with E-state index >= 15 is 0 Å². The van der Waals surface area contributed by atoms with E-state index in [1.165, 1.54) is 18.2 Å². The zero-order valence-corrected chi connectivity index (χ0v) is 13.0. The fourth-order valence-corrected chi connectivity index (χ4v) is 1.59. The molecule has 0 heterocycles. The average Bonchev–Trinajstić information content (AvgIpc) is 2.39. The smallest absolute Gasteiger partial charge is 0.333 e. The summed E-state index contributed by atoms with van der Waals surface area (Å²) in [4.78, 5) is 23.3. The van der Waals surface area contributed by atoms with Crippen LogP contribution in [0.1, 0.15) is 27.2 Å². The van der Waals surface area contributed by atoms with Crippen molar-refractivity contribution in [2.45, 2.75) is 27.2 Å². The van der Waals surface area contributed by atoms with Gasteiger partial charge in [0.2, 0.25) is 0 Å². The maximum Gasteiger partial charge on any atom is 0.333 e. The van der Waals surface area contributed by atoms with Crippen molar-refractivity contribution < 1.29 is 24.2 Å². The highest BCUT2D eigenvalue weighted by Gasteiger charge is 2.25. The third-order valence-electron chi connectivity index (χ3n) is 2.80. The van der Waals surface area contributed by atoms with Gasteiger partial charge in [0, 0.05) is 17.1 Å². The molecule has 0 fully saturated rings. The molecule has 0 aliphatic heterocycles. The van der Waals surface area contributed by atoms with Crippen LogP contribution >= 0.6 is 0 Å². The molecule has 0 saturated heterocycles. The first kappa shape index (κ1) is 17.6. The summed E-state index contributed by atoms with van der Waals surface area (Å²) in [5, 5.41) is 9.31. The maximum absolute atomic E-state index is 11.9. The minimum atomic E-state index is -0.579. The zero-order chi connectivity index (χ0) is 16.9. The molecule has 1 aromatic rings. The summed E-state index contributed by atoms with van der Waals surface area (Å²) in [5.74, 6) is -0.809. The van der Waals surface area contributed by atoms with Crippen molar-refractivity contribution in [2.75, 3.05) is 12.3 Å². The Labute approximate surface area is 129 Å². The molecular formula is C16H21NO5. The van der Waals surface area contributed by atoms with Gasteiger partial charge in [-0.2, -0.15) is 0 Å². The largest absolute Gasteiger partial charge is 0.506 e. The van der Waals surface area contributed by atoms with Crippen LogP contribution in [0.5, 0.6) is 11.5 Å². The number of phenols is 1. The molecule has 1 rings (SSSR count). The molecule has 0 aliphatic carbocycles. The molecule has 6 nitrogen and oxygen atoms in total. The van der Waals surface area contributed by atoms with Crippen LogP contribution in [-0.4, -0.2) is 23.7 Å². The highest BCUT2D eigenvalue weighted by molar-refractivity contribution is 5.87. The Morgan fingerprint density at radius 2 is 2.00 bits per heavy atom. The lowest BCUT2D eigenvalue weighted by atomic mass is 9.90.